The van der Waals surface area contributed by atoms with Crippen LogP contribution >= 0.6 is 22.9 Å². The Hall–Kier alpha value is -0.690. The van der Waals surface area contributed by atoms with E-state index >= 15 is 0 Å². The van der Waals surface area contributed by atoms with Crippen molar-refractivity contribution in [2.75, 3.05) is 18.7 Å². The molecule has 7 heteroatoms. The van der Waals surface area contributed by atoms with Gasteiger partial charge in [-0.05, 0) is 18.6 Å². The summed E-state index contributed by atoms with van der Waals surface area (Å²) in [6.07, 6.45) is 0.466. The summed E-state index contributed by atoms with van der Waals surface area (Å²) in [5.74, 6) is 0.437. The van der Waals surface area contributed by atoms with E-state index in [1.165, 1.54) is 15.6 Å². The highest BCUT2D eigenvalue weighted by Crippen LogP contribution is 2.23. The predicted octanol–water partition coefficient (Wildman–Crippen LogP) is 2.69. The van der Waals surface area contributed by atoms with Crippen LogP contribution in [0.3, 0.4) is 0 Å². The van der Waals surface area contributed by atoms with Crippen molar-refractivity contribution in [2.24, 2.45) is 0 Å². The van der Waals surface area contributed by atoms with Crippen LogP contribution in [-0.2, 0) is 16.6 Å². The van der Waals surface area contributed by atoms with Crippen LogP contribution in [0.5, 0.6) is 0 Å². The van der Waals surface area contributed by atoms with Gasteiger partial charge in [-0.1, -0.05) is 12.1 Å². The number of nitrogens with zero attached hydrogens (tertiary/aromatic N) is 2. The second kappa shape index (κ2) is 6.17. The predicted molar refractivity (Wildman–Crippen MR) is 80.2 cm³/mol. The molecule has 1 aromatic heterocycles. The molecular formula is C12H15ClN2O2S2. The third-order valence-corrected chi connectivity index (χ3v) is 5.88. The summed E-state index contributed by atoms with van der Waals surface area (Å²) in [5.41, 5.74) is 0.911. The van der Waals surface area contributed by atoms with Gasteiger partial charge in [0.05, 0.1) is 22.5 Å². The van der Waals surface area contributed by atoms with Gasteiger partial charge >= 0.3 is 0 Å². The highest BCUT2D eigenvalue weighted by atomic mass is 35.5. The molecule has 0 spiro atoms. The molecule has 0 radical (unpaired) electrons. The molecule has 19 heavy (non-hydrogen) atoms. The summed E-state index contributed by atoms with van der Waals surface area (Å²) in [7, 11) is -1.66. The molecule has 1 aromatic carbocycles. The number of sulfonamides is 1. The van der Waals surface area contributed by atoms with E-state index in [0.29, 0.717) is 18.8 Å². The van der Waals surface area contributed by atoms with Gasteiger partial charge < -0.3 is 0 Å². The van der Waals surface area contributed by atoms with Gasteiger partial charge in [0.2, 0.25) is 10.0 Å². The first-order chi connectivity index (χ1) is 9.03. The van der Waals surface area contributed by atoms with Crippen LogP contribution in [0.15, 0.2) is 24.3 Å². The highest BCUT2D eigenvalue weighted by molar-refractivity contribution is 7.89. The van der Waals surface area contributed by atoms with Gasteiger partial charge in [-0.3, -0.25) is 0 Å². The van der Waals surface area contributed by atoms with Crippen LogP contribution in [0.4, 0.5) is 0 Å². The second-order valence-corrected chi connectivity index (χ2v) is 7.88. The minimum atomic E-state index is -3.24. The van der Waals surface area contributed by atoms with Crippen LogP contribution in [0.1, 0.15) is 11.4 Å². The number of hydrogen-bond donors (Lipinski definition) is 0. The highest BCUT2D eigenvalue weighted by Gasteiger charge is 2.18. The number of thiazole rings is 1. The first-order valence-corrected chi connectivity index (χ1v) is 8.83. The van der Waals surface area contributed by atoms with Crippen molar-refractivity contribution in [3.8, 4) is 0 Å². The van der Waals surface area contributed by atoms with E-state index in [0.717, 1.165) is 15.2 Å². The Morgan fingerprint density at radius 3 is 2.79 bits per heavy atom. The number of para-hydroxylation sites is 1. The minimum Gasteiger partial charge on any atom is -0.240 e. The normalized spacial score (nSPS) is 12.4. The summed E-state index contributed by atoms with van der Waals surface area (Å²) < 4.78 is 26.3. The zero-order valence-corrected chi connectivity index (χ0v) is 12.9. The number of halogens is 1. The van der Waals surface area contributed by atoms with Crippen LogP contribution in [0.2, 0.25) is 0 Å². The third-order valence-electron chi connectivity index (χ3n) is 2.71. The molecule has 0 N–H and O–H groups in total. The Balaban J connectivity index is 2.12. The molecule has 2 rings (SSSR count). The Morgan fingerprint density at radius 2 is 2.11 bits per heavy atom. The van der Waals surface area contributed by atoms with E-state index in [1.54, 1.807) is 7.05 Å². The average Bonchev–Trinajstić information content (AvgIpc) is 2.78. The lowest BCUT2D eigenvalue weighted by molar-refractivity contribution is 0.465. The molecule has 0 amide bonds. The van der Waals surface area contributed by atoms with E-state index in [-0.39, 0.29) is 5.75 Å². The number of fused-ring (bicyclic) bond motifs is 1. The van der Waals surface area contributed by atoms with Crippen molar-refractivity contribution < 1.29 is 8.42 Å². The molecule has 0 unspecified atom stereocenters. The van der Waals surface area contributed by atoms with Crippen molar-refractivity contribution >= 4 is 43.2 Å². The molecule has 0 aliphatic heterocycles. The zero-order chi connectivity index (χ0) is 13.9. The first-order valence-electron chi connectivity index (χ1n) is 5.87. The maximum atomic E-state index is 12.0. The van der Waals surface area contributed by atoms with Gasteiger partial charge in [-0.2, -0.15) is 4.31 Å². The first kappa shape index (κ1) is 14.7. The summed E-state index contributed by atoms with van der Waals surface area (Å²) in [5, 5.41) is 0.804. The fourth-order valence-electron chi connectivity index (χ4n) is 1.67. The lowest BCUT2D eigenvalue weighted by Crippen LogP contribution is -2.28. The maximum Gasteiger partial charge on any atom is 0.214 e. The minimum absolute atomic E-state index is 0.0812. The van der Waals surface area contributed by atoms with Crippen LogP contribution < -0.4 is 0 Å². The monoisotopic (exact) mass is 318 g/mol. The molecule has 0 bridgehead atoms. The Labute approximate surface area is 122 Å². The largest absolute Gasteiger partial charge is 0.240 e. The van der Waals surface area contributed by atoms with Gasteiger partial charge in [0.1, 0.15) is 5.01 Å². The Morgan fingerprint density at radius 1 is 1.37 bits per heavy atom. The summed E-state index contributed by atoms with van der Waals surface area (Å²) in [6, 6.07) is 7.79. The quantitative estimate of drug-likeness (QED) is 0.769. The summed E-state index contributed by atoms with van der Waals surface area (Å²) >= 11 is 7.05. The van der Waals surface area contributed by atoms with Crippen molar-refractivity contribution in [3.05, 3.63) is 29.3 Å². The van der Waals surface area contributed by atoms with E-state index < -0.39 is 10.0 Å². The van der Waals surface area contributed by atoms with Gasteiger partial charge in [0.15, 0.2) is 0 Å². The Bertz CT molecular complexity index is 622. The fourth-order valence-corrected chi connectivity index (χ4v) is 4.20. The van der Waals surface area contributed by atoms with Crippen molar-refractivity contribution in [1.29, 1.82) is 0 Å². The Kier molecular flexibility index (Phi) is 4.78. The topological polar surface area (TPSA) is 50.3 Å². The van der Waals surface area contributed by atoms with Crippen molar-refractivity contribution in [1.82, 2.24) is 9.29 Å². The summed E-state index contributed by atoms with van der Waals surface area (Å²) in [6.45, 7) is 0.309. The fraction of sp³-hybridized carbons (Fsp3) is 0.417. The van der Waals surface area contributed by atoms with Crippen LogP contribution in [0.25, 0.3) is 10.2 Å². The molecule has 0 saturated heterocycles. The smallest absolute Gasteiger partial charge is 0.214 e. The molecule has 0 saturated carbocycles. The number of alkyl halides is 1. The SMILES string of the molecule is CN(Cc1nc2ccccc2s1)S(=O)(=O)CCCCl. The number of hydrogen-bond acceptors (Lipinski definition) is 4. The van der Waals surface area contributed by atoms with E-state index in [4.69, 9.17) is 11.6 Å². The molecule has 0 aliphatic rings. The van der Waals surface area contributed by atoms with Gasteiger partial charge in [-0.15, -0.1) is 22.9 Å². The maximum absolute atomic E-state index is 12.0. The van der Waals surface area contributed by atoms with Gasteiger partial charge in [-0.25, -0.2) is 13.4 Å². The van der Waals surface area contributed by atoms with E-state index in [9.17, 15) is 8.42 Å². The zero-order valence-electron chi connectivity index (χ0n) is 10.5. The molecule has 0 atom stereocenters. The molecular weight excluding hydrogens is 304 g/mol. The molecule has 104 valence electrons. The summed E-state index contributed by atoms with van der Waals surface area (Å²) in [4.78, 5) is 4.43. The molecule has 0 fully saturated rings. The lowest BCUT2D eigenvalue weighted by atomic mass is 10.3. The van der Waals surface area contributed by atoms with Gasteiger partial charge in [0, 0.05) is 12.9 Å². The second-order valence-electron chi connectivity index (χ2n) is 4.19. The molecule has 2 aromatic rings. The van der Waals surface area contributed by atoms with Crippen molar-refractivity contribution in [2.45, 2.75) is 13.0 Å². The van der Waals surface area contributed by atoms with E-state index in [1.807, 2.05) is 24.3 Å². The lowest BCUT2D eigenvalue weighted by Gasteiger charge is -2.15. The molecule has 0 aliphatic carbocycles. The van der Waals surface area contributed by atoms with Crippen LogP contribution in [-0.4, -0.2) is 36.4 Å². The number of rotatable bonds is 6. The average molecular weight is 319 g/mol. The third kappa shape index (κ3) is 3.66. The number of benzene rings is 1. The van der Waals surface area contributed by atoms with E-state index in [2.05, 4.69) is 4.98 Å². The molecule has 4 nitrogen and oxygen atoms in total. The van der Waals surface area contributed by atoms with Crippen molar-refractivity contribution in [3.63, 3.8) is 0 Å². The van der Waals surface area contributed by atoms with Crippen LogP contribution in [0, 0.1) is 0 Å². The standard InChI is InChI=1S/C12H15ClN2O2S2/c1-15(19(16,17)8-4-7-13)9-12-14-10-5-2-3-6-11(10)18-12/h2-3,5-6H,4,7-9H2,1H3. The van der Waals surface area contributed by atoms with Gasteiger partial charge in [0.25, 0.3) is 0 Å². The number of aromatic nitrogens is 1. The molecule has 1 heterocycles.